The quantitative estimate of drug-likeness (QED) is 0.744. The van der Waals surface area contributed by atoms with Crippen LogP contribution in [0.25, 0.3) is 0 Å². The second kappa shape index (κ2) is 7.29. The molecule has 1 amide bonds. The van der Waals surface area contributed by atoms with E-state index < -0.39 is 18.2 Å². The minimum absolute atomic E-state index is 0.126. The molecule has 1 aromatic carbocycles. The van der Waals surface area contributed by atoms with Crippen LogP contribution in [0.5, 0.6) is 0 Å². The Labute approximate surface area is 105 Å². The van der Waals surface area contributed by atoms with Gasteiger partial charge < -0.3 is 19.9 Å². The highest BCUT2D eigenvalue weighted by atomic mass is 16.6. The van der Waals surface area contributed by atoms with Gasteiger partial charge in [0.2, 0.25) is 0 Å². The van der Waals surface area contributed by atoms with Crippen LogP contribution in [0.4, 0.5) is 4.79 Å². The molecular formula is C12H15NO5. The number of nitrogens with one attached hydrogen (secondary N) is 1. The van der Waals surface area contributed by atoms with Crippen LogP contribution < -0.4 is 5.32 Å². The fourth-order valence-electron chi connectivity index (χ4n) is 1.17. The predicted octanol–water partition coefficient (Wildman–Crippen LogP) is 0.447. The standard InChI is InChI=1S/C12H15NO5/c1-17-11(15)10(14)7-13-12(16)18-8-9-5-3-2-4-6-9/h2-6,10,14H,7-8H2,1H3,(H,13,16)/t10-/m1/s1. The number of aliphatic hydroxyl groups is 1. The van der Waals surface area contributed by atoms with Crippen molar-refractivity contribution >= 4 is 12.1 Å². The van der Waals surface area contributed by atoms with E-state index in [1.807, 2.05) is 30.3 Å². The number of rotatable bonds is 5. The molecule has 1 aromatic rings. The number of ether oxygens (including phenoxy) is 2. The zero-order chi connectivity index (χ0) is 13.4. The summed E-state index contributed by atoms with van der Waals surface area (Å²) >= 11 is 0. The summed E-state index contributed by atoms with van der Waals surface area (Å²) in [5.41, 5.74) is 0.848. The molecule has 0 saturated heterocycles. The second-order valence-electron chi connectivity index (χ2n) is 3.48. The van der Waals surface area contributed by atoms with Crippen LogP contribution >= 0.6 is 0 Å². The van der Waals surface area contributed by atoms with E-state index in [-0.39, 0.29) is 13.2 Å². The predicted molar refractivity (Wildman–Crippen MR) is 62.7 cm³/mol. The number of esters is 1. The van der Waals surface area contributed by atoms with E-state index in [0.29, 0.717) is 0 Å². The molecule has 0 saturated carbocycles. The highest BCUT2D eigenvalue weighted by Crippen LogP contribution is 2.00. The second-order valence-corrected chi connectivity index (χ2v) is 3.48. The van der Waals surface area contributed by atoms with Crippen LogP contribution in [0, 0.1) is 0 Å². The van der Waals surface area contributed by atoms with Gasteiger partial charge in [-0.15, -0.1) is 0 Å². The van der Waals surface area contributed by atoms with Crippen molar-refractivity contribution in [3.63, 3.8) is 0 Å². The molecule has 0 heterocycles. The molecule has 0 unspecified atom stereocenters. The van der Waals surface area contributed by atoms with E-state index in [4.69, 9.17) is 4.74 Å². The number of methoxy groups -OCH3 is 1. The molecule has 0 fully saturated rings. The first-order valence-electron chi connectivity index (χ1n) is 5.34. The van der Waals surface area contributed by atoms with Crippen molar-refractivity contribution in [3.8, 4) is 0 Å². The molecular weight excluding hydrogens is 238 g/mol. The van der Waals surface area contributed by atoms with Gasteiger partial charge in [-0.05, 0) is 5.56 Å². The Kier molecular flexibility index (Phi) is 5.66. The van der Waals surface area contributed by atoms with Gasteiger partial charge in [0.1, 0.15) is 6.61 Å². The number of carbonyl (C=O) groups excluding carboxylic acids is 2. The molecule has 0 aromatic heterocycles. The maximum atomic E-state index is 11.2. The minimum Gasteiger partial charge on any atom is -0.467 e. The van der Waals surface area contributed by atoms with Gasteiger partial charge in [0.15, 0.2) is 6.10 Å². The summed E-state index contributed by atoms with van der Waals surface area (Å²) in [6.45, 7) is -0.124. The van der Waals surface area contributed by atoms with Gasteiger partial charge in [-0.2, -0.15) is 0 Å². The summed E-state index contributed by atoms with van der Waals surface area (Å²) in [6.07, 6.45) is -2.10. The molecule has 0 aliphatic heterocycles. The largest absolute Gasteiger partial charge is 0.467 e. The lowest BCUT2D eigenvalue weighted by Gasteiger charge is -2.10. The van der Waals surface area contributed by atoms with Crippen LogP contribution in [-0.2, 0) is 20.9 Å². The van der Waals surface area contributed by atoms with Crippen molar-refractivity contribution in [2.24, 2.45) is 0 Å². The molecule has 0 aliphatic rings. The number of alkyl carbamates (subject to hydrolysis) is 1. The third-order valence-corrected chi connectivity index (χ3v) is 2.13. The number of carbonyl (C=O) groups is 2. The van der Waals surface area contributed by atoms with Crippen LogP contribution in [0.15, 0.2) is 30.3 Å². The fraction of sp³-hybridized carbons (Fsp3) is 0.333. The number of amides is 1. The maximum Gasteiger partial charge on any atom is 0.407 e. The Morgan fingerprint density at radius 2 is 2.00 bits per heavy atom. The van der Waals surface area contributed by atoms with Crippen LogP contribution in [0.2, 0.25) is 0 Å². The molecule has 1 atom stereocenters. The highest BCUT2D eigenvalue weighted by molar-refractivity contribution is 5.75. The molecule has 18 heavy (non-hydrogen) atoms. The molecule has 1 rings (SSSR count). The van der Waals surface area contributed by atoms with Crippen molar-refractivity contribution in [2.45, 2.75) is 12.7 Å². The third-order valence-electron chi connectivity index (χ3n) is 2.13. The molecule has 0 aliphatic carbocycles. The smallest absolute Gasteiger partial charge is 0.407 e. The zero-order valence-electron chi connectivity index (χ0n) is 9.96. The van der Waals surface area contributed by atoms with Crippen molar-refractivity contribution in [3.05, 3.63) is 35.9 Å². The molecule has 6 heteroatoms. The summed E-state index contributed by atoms with van der Waals surface area (Å²) in [5, 5.41) is 11.5. The first-order chi connectivity index (χ1) is 8.63. The number of benzene rings is 1. The molecule has 98 valence electrons. The topological polar surface area (TPSA) is 84.9 Å². The van der Waals surface area contributed by atoms with E-state index in [1.54, 1.807) is 0 Å². The van der Waals surface area contributed by atoms with Gasteiger partial charge in [-0.25, -0.2) is 9.59 Å². The van der Waals surface area contributed by atoms with E-state index >= 15 is 0 Å². The van der Waals surface area contributed by atoms with E-state index in [9.17, 15) is 14.7 Å². The maximum absolute atomic E-state index is 11.2. The summed E-state index contributed by atoms with van der Waals surface area (Å²) in [4.78, 5) is 22.1. The lowest BCUT2D eigenvalue weighted by Crippen LogP contribution is -2.37. The molecule has 0 radical (unpaired) electrons. The Hall–Kier alpha value is -2.08. The average Bonchev–Trinajstić information content (AvgIpc) is 2.42. The van der Waals surface area contributed by atoms with Gasteiger partial charge in [-0.1, -0.05) is 30.3 Å². The molecule has 0 spiro atoms. The van der Waals surface area contributed by atoms with E-state index in [1.165, 1.54) is 0 Å². The number of hydrogen-bond acceptors (Lipinski definition) is 5. The summed E-state index contributed by atoms with van der Waals surface area (Å²) in [6, 6.07) is 9.15. The van der Waals surface area contributed by atoms with Crippen molar-refractivity contribution in [1.29, 1.82) is 0 Å². The third kappa shape index (κ3) is 4.84. The molecule has 2 N–H and O–H groups in total. The Bertz CT molecular complexity index is 393. The molecule has 6 nitrogen and oxygen atoms in total. The van der Waals surface area contributed by atoms with Gasteiger partial charge in [0.05, 0.1) is 13.7 Å². The van der Waals surface area contributed by atoms with Crippen molar-refractivity contribution < 1.29 is 24.2 Å². The lowest BCUT2D eigenvalue weighted by atomic mass is 10.2. The van der Waals surface area contributed by atoms with Gasteiger partial charge >= 0.3 is 12.1 Å². The highest BCUT2D eigenvalue weighted by Gasteiger charge is 2.16. The zero-order valence-corrected chi connectivity index (χ0v) is 9.96. The van der Waals surface area contributed by atoms with Crippen molar-refractivity contribution in [2.75, 3.05) is 13.7 Å². The van der Waals surface area contributed by atoms with Crippen LogP contribution in [0.1, 0.15) is 5.56 Å². The average molecular weight is 253 g/mol. The number of aliphatic hydroxyl groups excluding tert-OH is 1. The Morgan fingerprint density at radius 3 is 2.61 bits per heavy atom. The minimum atomic E-state index is -1.39. The summed E-state index contributed by atoms with van der Waals surface area (Å²) < 4.78 is 9.17. The lowest BCUT2D eigenvalue weighted by molar-refractivity contribution is -0.149. The first-order valence-corrected chi connectivity index (χ1v) is 5.34. The molecule has 0 bridgehead atoms. The number of hydrogen-bond donors (Lipinski definition) is 2. The SMILES string of the molecule is COC(=O)[C@H](O)CNC(=O)OCc1ccccc1. The van der Waals surface area contributed by atoms with E-state index in [0.717, 1.165) is 12.7 Å². The van der Waals surface area contributed by atoms with Crippen molar-refractivity contribution in [1.82, 2.24) is 5.32 Å². The summed E-state index contributed by atoms with van der Waals surface area (Å²) in [7, 11) is 1.15. The first kappa shape index (κ1) is 14.0. The van der Waals surface area contributed by atoms with E-state index in [2.05, 4.69) is 10.1 Å². The normalized spacial score (nSPS) is 11.4. The summed E-state index contributed by atoms with van der Waals surface area (Å²) in [5.74, 6) is -0.807. The van der Waals surface area contributed by atoms with Gasteiger partial charge in [0.25, 0.3) is 0 Å². The van der Waals surface area contributed by atoms with Gasteiger partial charge in [0, 0.05) is 0 Å². The van der Waals surface area contributed by atoms with Crippen LogP contribution in [-0.4, -0.2) is 36.9 Å². The van der Waals surface area contributed by atoms with Crippen LogP contribution in [0.3, 0.4) is 0 Å². The Morgan fingerprint density at radius 1 is 1.33 bits per heavy atom. The van der Waals surface area contributed by atoms with Gasteiger partial charge in [-0.3, -0.25) is 0 Å². The fourth-order valence-corrected chi connectivity index (χ4v) is 1.17. The monoisotopic (exact) mass is 253 g/mol. The Balaban J connectivity index is 2.24.